The fourth-order valence-corrected chi connectivity index (χ4v) is 6.81. The van der Waals surface area contributed by atoms with Crippen LogP contribution in [0, 0.1) is 5.92 Å². The molecular formula is C34H39N3O5. The number of anilines is 2. The molecule has 220 valence electrons. The zero-order chi connectivity index (χ0) is 29.2. The van der Waals surface area contributed by atoms with Crippen LogP contribution in [0.1, 0.15) is 49.7 Å². The highest BCUT2D eigenvalue weighted by molar-refractivity contribution is 5.91. The average Bonchev–Trinajstić information content (AvgIpc) is 3.42. The summed E-state index contributed by atoms with van der Waals surface area (Å²) in [6.07, 6.45) is 6.41. The number of methoxy groups -OCH3 is 1. The molecule has 0 saturated heterocycles. The Hall–Kier alpha value is -4.04. The molecule has 2 unspecified atom stereocenters. The minimum atomic E-state index is -1.40. The lowest BCUT2D eigenvalue weighted by Gasteiger charge is -2.45. The van der Waals surface area contributed by atoms with Crippen molar-refractivity contribution in [3.8, 4) is 5.75 Å². The van der Waals surface area contributed by atoms with Gasteiger partial charge in [-0.2, -0.15) is 4.98 Å². The molecule has 1 aromatic heterocycles. The number of carbonyl (C=O) groups excluding carboxylic acids is 1. The molecule has 6 rings (SSSR count). The lowest BCUT2D eigenvalue weighted by Crippen LogP contribution is -2.63. The van der Waals surface area contributed by atoms with Crippen LogP contribution in [0.25, 0.3) is 11.1 Å². The standard InChI is InChI=1S/C34H39N3O5/c1-37(32-35-29-15-9-10-16-30(29)42-32)21-22-41-26-19-17-24(18-20-26)23-33(31(38)40-2)34(39,25-11-5-3-4-6-12-25)27-13-7-8-14-28(27)36-33/h7-10,13-20,25,36,39H,3-6,11-12,21-23H2,1-2H3. The summed E-state index contributed by atoms with van der Waals surface area (Å²) in [5, 5.41) is 16.2. The number of esters is 1. The van der Waals surface area contributed by atoms with E-state index in [1.165, 1.54) is 7.11 Å². The number of nitrogens with zero attached hydrogens (tertiary/aromatic N) is 2. The monoisotopic (exact) mass is 569 g/mol. The fraction of sp³-hybridized carbons (Fsp3) is 0.412. The minimum absolute atomic E-state index is 0.0592. The van der Waals surface area contributed by atoms with Gasteiger partial charge in [0.2, 0.25) is 0 Å². The predicted molar refractivity (Wildman–Crippen MR) is 163 cm³/mol. The molecule has 2 aliphatic rings. The largest absolute Gasteiger partial charge is 0.492 e. The number of rotatable bonds is 9. The summed E-state index contributed by atoms with van der Waals surface area (Å²) in [5.74, 6) is 0.211. The first-order valence-corrected chi connectivity index (χ1v) is 14.9. The van der Waals surface area contributed by atoms with E-state index in [9.17, 15) is 9.90 Å². The van der Waals surface area contributed by atoms with Crippen LogP contribution in [-0.2, 0) is 21.6 Å². The third-order valence-corrected chi connectivity index (χ3v) is 9.01. The highest BCUT2D eigenvalue weighted by atomic mass is 16.5. The molecule has 3 aromatic carbocycles. The van der Waals surface area contributed by atoms with Gasteiger partial charge in [-0.3, -0.25) is 0 Å². The molecule has 2 N–H and O–H groups in total. The minimum Gasteiger partial charge on any atom is -0.492 e. The molecule has 2 heterocycles. The second-order valence-corrected chi connectivity index (χ2v) is 11.6. The Balaban J connectivity index is 1.19. The molecule has 0 amide bonds. The summed E-state index contributed by atoms with van der Waals surface area (Å²) in [6.45, 7) is 1.04. The van der Waals surface area contributed by atoms with E-state index < -0.39 is 17.1 Å². The van der Waals surface area contributed by atoms with Crippen molar-refractivity contribution in [3.63, 3.8) is 0 Å². The number of oxazole rings is 1. The van der Waals surface area contributed by atoms with Crippen molar-refractivity contribution in [3.05, 3.63) is 83.9 Å². The normalized spacial score (nSPS) is 22.3. The summed E-state index contributed by atoms with van der Waals surface area (Å²) in [5.41, 5.74) is 1.32. The topological polar surface area (TPSA) is 97.1 Å². The van der Waals surface area contributed by atoms with Crippen LogP contribution in [0.5, 0.6) is 5.75 Å². The van der Waals surface area contributed by atoms with E-state index in [0.29, 0.717) is 19.2 Å². The zero-order valence-corrected chi connectivity index (χ0v) is 24.3. The van der Waals surface area contributed by atoms with E-state index in [1.807, 2.05) is 84.7 Å². The van der Waals surface area contributed by atoms with Gasteiger partial charge in [-0.15, -0.1) is 0 Å². The van der Waals surface area contributed by atoms with Gasteiger partial charge in [0.25, 0.3) is 6.01 Å². The van der Waals surface area contributed by atoms with Crippen molar-refractivity contribution in [2.75, 3.05) is 37.5 Å². The van der Waals surface area contributed by atoms with Gasteiger partial charge in [0.1, 0.15) is 23.5 Å². The summed E-state index contributed by atoms with van der Waals surface area (Å²) >= 11 is 0. The Morgan fingerprint density at radius 3 is 2.48 bits per heavy atom. The number of likely N-dealkylation sites (N-methyl/N-ethyl adjacent to an activating group) is 1. The Kier molecular flexibility index (Phi) is 7.82. The van der Waals surface area contributed by atoms with Gasteiger partial charge in [-0.05, 0) is 54.7 Å². The zero-order valence-electron chi connectivity index (χ0n) is 24.3. The Bertz CT molecular complexity index is 1490. The highest BCUT2D eigenvalue weighted by Gasteiger charge is 2.65. The number of hydrogen-bond donors (Lipinski definition) is 2. The second-order valence-electron chi connectivity index (χ2n) is 11.6. The number of hydrogen-bond acceptors (Lipinski definition) is 8. The molecule has 2 atom stereocenters. The maximum Gasteiger partial charge on any atom is 0.335 e. The van der Waals surface area contributed by atoms with Crippen molar-refractivity contribution in [2.45, 2.75) is 56.1 Å². The van der Waals surface area contributed by atoms with Gasteiger partial charge >= 0.3 is 5.97 Å². The van der Waals surface area contributed by atoms with Gasteiger partial charge in [0.05, 0.1) is 13.7 Å². The molecule has 0 bridgehead atoms. The van der Waals surface area contributed by atoms with Crippen LogP contribution in [0.15, 0.2) is 77.2 Å². The van der Waals surface area contributed by atoms with Crippen molar-refractivity contribution in [1.82, 2.24) is 4.98 Å². The number of benzene rings is 3. The molecule has 0 radical (unpaired) electrons. The number of carbonyl (C=O) groups is 1. The molecule has 1 saturated carbocycles. The molecule has 4 aromatic rings. The Labute approximate surface area is 246 Å². The average molecular weight is 570 g/mol. The summed E-state index contributed by atoms with van der Waals surface area (Å²) < 4.78 is 17.3. The van der Waals surface area contributed by atoms with Gasteiger partial charge in [0, 0.05) is 24.7 Å². The molecular weight excluding hydrogens is 530 g/mol. The SMILES string of the molecule is COC(=O)C1(Cc2ccc(OCCN(C)c3nc4ccccc4o3)cc2)Nc2ccccc2C1(O)C1CCCCCC1. The van der Waals surface area contributed by atoms with Crippen molar-refractivity contribution < 1.29 is 23.8 Å². The van der Waals surface area contributed by atoms with E-state index in [1.54, 1.807) is 0 Å². The number of para-hydroxylation sites is 3. The third-order valence-electron chi connectivity index (χ3n) is 9.01. The summed E-state index contributed by atoms with van der Waals surface area (Å²) in [6, 6.07) is 23.7. The Morgan fingerprint density at radius 2 is 1.74 bits per heavy atom. The van der Waals surface area contributed by atoms with Gasteiger partial charge in [-0.1, -0.05) is 68.1 Å². The molecule has 0 spiro atoms. The summed E-state index contributed by atoms with van der Waals surface area (Å²) in [7, 11) is 3.32. The lowest BCUT2D eigenvalue weighted by molar-refractivity contribution is -0.163. The molecule has 1 aliphatic carbocycles. The predicted octanol–water partition coefficient (Wildman–Crippen LogP) is 6.08. The summed E-state index contributed by atoms with van der Waals surface area (Å²) in [4.78, 5) is 20.2. The van der Waals surface area contributed by atoms with Gasteiger partial charge in [-0.25, -0.2) is 4.79 Å². The van der Waals surface area contributed by atoms with Crippen molar-refractivity contribution in [1.29, 1.82) is 0 Å². The van der Waals surface area contributed by atoms with Crippen LogP contribution < -0.4 is 15.0 Å². The first-order valence-electron chi connectivity index (χ1n) is 14.9. The number of fused-ring (bicyclic) bond motifs is 2. The van der Waals surface area contributed by atoms with Gasteiger partial charge < -0.3 is 29.2 Å². The smallest absolute Gasteiger partial charge is 0.335 e. The number of aromatic nitrogens is 1. The maximum absolute atomic E-state index is 13.7. The maximum atomic E-state index is 13.7. The second kappa shape index (κ2) is 11.7. The van der Waals surface area contributed by atoms with Crippen LogP contribution in [0.2, 0.25) is 0 Å². The van der Waals surface area contributed by atoms with Crippen molar-refractivity contribution >= 4 is 28.8 Å². The number of aliphatic hydroxyl groups is 1. The van der Waals surface area contributed by atoms with Crippen LogP contribution >= 0.6 is 0 Å². The molecule has 8 nitrogen and oxygen atoms in total. The van der Waals surface area contributed by atoms with E-state index in [2.05, 4.69) is 10.3 Å². The van der Waals surface area contributed by atoms with Crippen LogP contribution in [0.3, 0.4) is 0 Å². The van der Waals surface area contributed by atoms with Crippen molar-refractivity contribution in [2.24, 2.45) is 5.92 Å². The molecule has 1 fully saturated rings. The fourth-order valence-electron chi connectivity index (χ4n) is 6.81. The first kappa shape index (κ1) is 28.1. The highest BCUT2D eigenvalue weighted by Crippen LogP contribution is 2.55. The molecule has 1 aliphatic heterocycles. The Morgan fingerprint density at radius 1 is 1.02 bits per heavy atom. The van der Waals surface area contributed by atoms with E-state index >= 15 is 0 Å². The number of ether oxygens (including phenoxy) is 2. The molecule has 42 heavy (non-hydrogen) atoms. The quantitative estimate of drug-likeness (QED) is 0.185. The third kappa shape index (κ3) is 4.98. The first-order chi connectivity index (χ1) is 20.4. The van der Waals surface area contributed by atoms with E-state index in [-0.39, 0.29) is 12.3 Å². The van der Waals surface area contributed by atoms with E-state index in [4.69, 9.17) is 13.9 Å². The van der Waals surface area contributed by atoms with Gasteiger partial charge in [0.15, 0.2) is 11.1 Å². The molecule has 8 heteroatoms. The van der Waals surface area contributed by atoms with Crippen LogP contribution in [-0.4, -0.2) is 48.9 Å². The van der Waals surface area contributed by atoms with E-state index in [0.717, 1.165) is 72.2 Å². The van der Waals surface area contributed by atoms with Crippen LogP contribution in [0.4, 0.5) is 11.7 Å². The lowest BCUT2D eigenvalue weighted by atomic mass is 9.65. The number of nitrogens with one attached hydrogen (secondary N) is 1.